The van der Waals surface area contributed by atoms with Crippen LogP contribution in [0.3, 0.4) is 0 Å². The Morgan fingerprint density at radius 3 is 2.21 bits per heavy atom. The summed E-state index contributed by atoms with van der Waals surface area (Å²) in [6.07, 6.45) is 0.657. The van der Waals surface area contributed by atoms with Crippen molar-refractivity contribution in [1.29, 1.82) is 0 Å². The molecule has 2 heterocycles. The zero-order valence-electron chi connectivity index (χ0n) is 22.3. The van der Waals surface area contributed by atoms with E-state index >= 15 is 0 Å². The molecule has 0 aromatic heterocycles. The van der Waals surface area contributed by atoms with E-state index in [9.17, 15) is 18.8 Å². The molecule has 2 aromatic carbocycles. The van der Waals surface area contributed by atoms with E-state index in [1.807, 2.05) is 42.7 Å². The van der Waals surface area contributed by atoms with Crippen LogP contribution in [0.5, 0.6) is 5.75 Å². The molecular weight excluding hydrogens is 509 g/mol. The first-order valence-electron chi connectivity index (χ1n) is 13.0. The Kier molecular flexibility index (Phi) is 8.31. The molecule has 2 aromatic rings. The number of rotatable bonds is 5. The molecule has 2 atom stereocenters. The van der Waals surface area contributed by atoms with Crippen molar-refractivity contribution in [1.82, 2.24) is 14.7 Å². The Balaban J connectivity index is 1.53. The van der Waals surface area contributed by atoms with Crippen LogP contribution in [-0.2, 0) is 9.59 Å². The number of hydrogen-bond acceptors (Lipinski definition) is 4. The lowest BCUT2D eigenvalue weighted by Gasteiger charge is -2.39. The topological polar surface area (TPSA) is 70.2 Å². The molecule has 9 heteroatoms. The van der Waals surface area contributed by atoms with Gasteiger partial charge >= 0.3 is 6.09 Å². The highest BCUT2D eigenvalue weighted by molar-refractivity contribution is 6.30. The van der Waals surface area contributed by atoms with E-state index in [0.717, 1.165) is 5.56 Å². The minimum Gasteiger partial charge on any atom is -0.410 e. The maximum absolute atomic E-state index is 13.7. The summed E-state index contributed by atoms with van der Waals surface area (Å²) in [5, 5.41) is 0.605. The maximum atomic E-state index is 13.7. The van der Waals surface area contributed by atoms with Gasteiger partial charge in [-0.1, -0.05) is 37.6 Å². The summed E-state index contributed by atoms with van der Waals surface area (Å²) in [4.78, 5) is 44.5. The monoisotopic (exact) mass is 543 g/mol. The minimum atomic E-state index is -0.769. The number of carbonyl (C=O) groups excluding carboxylic acids is 3. The predicted octanol–water partition coefficient (Wildman–Crippen LogP) is 5.19. The number of hydrogen-bond donors (Lipinski definition) is 0. The van der Waals surface area contributed by atoms with Crippen LogP contribution in [0, 0.1) is 17.7 Å². The Bertz CT molecular complexity index is 1170. The molecule has 0 aliphatic carbocycles. The second-order valence-electron chi connectivity index (χ2n) is 10.8. The lowest BCUT2D eigenvalue weighted by molar-refractivity contribution is -0.141. The lowest BCUT2D eigenvalue weighted by Crippen LogP contribution is -2.53. The van der Waals surface area contributed by atoms with Gasteiger partial charge in [-0.3, -0.25) is 9.59 Å². The highest BCUT2D eigenvalue weighted by atomic mass is 35.5. The van der Waals surface area contributed by atoms with E-state index < -0.39 is 17.4 Å². The third kappa shape index (κ3) is 5.80. The zero-order chi connectivity index (χ0) is 27.6. The number of amides is 3. The van der Waals surface area contributed by atoms with Gasteiger partial charge in [0.1, 0.15) is 11.6 Å². The normalized spacial score (nSPS) is 22.0. The number of likely N-dealkylation sites (N-methyl/N-ethyl adjacent to an activating group) is 1. The molecule has 2 aliphatic heterocycles. The van der Waals surface area contributed by atoms with Gasteiger partial charge in [-0.25, -0.2) is 9.18 Å². The summed E-state index contributed by atoms with van der Waals surface area (Å²) in [6, 6.07) is 12.7. The summed E-state index contributed by atoms with van der Waals surface area (Å²) < 4.78 is 18.8. The minimum absolute atomic E-state index is 0.0460. The van der Waals surface area contributed by atoms with E-state index in [-0.39, 0.29) is 35.3 Å². The predicted molar refractivity (Wildman–Crippen MR) is 144 cm³/mol. The Morgan fingerprint density at radius 1 is 1.03 bits per heavy atom. The van der Waals surface area contributed by atoms with Crippen molar-refractivity contribution in [3.8, 4) is 5.75 Å². The fourth-order valence-corrected chi connectivity index (χ4v) is 5.62. The van der Waals surface area contributed by atoms with Gasteiger partial charge in [-0.2, -0.15) is 0 Å². The van der Waals surface area contributed by atoms with E-state index in [4.69, 9.17) is 16.3 Å². The summed E-state index contributed by atoms with van der Waals surface area (Å²) in [5.41, 5.74) is 0.195. The average Bonchev–Trinajstić information content (AvgIpc) is 3.27. The summed E-state index contributed by atoms with van der Waals surface area (Å²) >= 11 is 6.13. The molecule has 2 unspecified atom stereocenters. The van der Waals surface area contributed by atoms with Crippen molar-refractivity contribution in [2.45, 2.75) is 45.1 Å². The number of piperidine rings is 1. The van der Waals surface area contributed by atoms with Crippen LogP contribution in [0.15, 0.2) is 48.5 Å². The molecular formula is C29H35ClFN3O4. The number of benzene rings is 2. The van der Waals surface area contributed by atoms with Crippen molar-refractivity contribution in [3.05, 3.63) is 64.9 Å². The Labute approximate surface area is 228 Å². The second kappa shape index (κ2) is 11.3. The van der Waals surface area contributed by atoms with E-state index in [1.54, 1.807) is 19.2 Å². The highest BCUT2D eigenvalue weighted by Gasteiger charge is 2.51. The van der Waals surface area contributed by atoms with Crippen molar-refractivity contribution in [3.63, 3.8) is 0 Å². The molecule has 2 aliphatic rings. The number of carbonyl (C=O) groups is 3. The Hall–Kier alpha value is -3.13. The number of ether oxygens (including phenoxy) is 1. The van der Waals surface area contributed by atoms with E-state index in [2.05, 4.69) is 0 Å². The molecule has 7 nitrogen and oxygen atoms in total. The molecule has 204 valence electrons. The fraction of sp³-hybridized carbons (Fsp3) is 0.483. The summed E-state index contributed by atoms with van der Waals surface area (Å²) in [7, 11) is 1.67. The van der Waals surface area contributed by atoms with Gasteiger partial charge in [-0.05, 0) is 61.7 Å². The van der Waals surface area contributed by atoms with Crippen LogP contribution >= 0.6 is 11.6 Å². The van der Waals surface area contributed by atoms with Gasteiger partial charge in [0.15, 0.2) is 0 Å². The molecule has 0 saturated carbocycles. The second-order valence-corrected chi connectivity index (χ2v) is 11.3. The van der Waals surface area contributed by atoms with Crippen LogP contribution in [0.1, 0.15) is 45.1 Å². The number of halogens is 2. The molecule has 2 saturated heterocycles. The van der Waals surface area contributed by atoms with Gasteiger partial charge in [0.25, 0.3) is 0 Å². The molecule has 0 spiro atoms. The van der Waals surface area contributed by atoms with Crippen molar-refractivity contribution in [2.75, 3.05) is 33.2 Å². The fourth-order valence-electron chi connectivity index (χ4n) is 5.50. The van der Waals surface area contributed by atoms with Crippen molar-refractivity contribution < 1.29 is 23.5 Å². The standard InChI is InChI=1S/C29H35ClFN3O4/c1-19(2)26(35)33-15-13-21(14-16-33)27(36)34-17-25(20-5-7-22(30)8-6-20)29(3,18-34)32(4)28(37)38-24-11-9-23(31)10-12-24/h5-12,19,21,25H,13-18H2,1-4H3. The quantitative estimate of drug-likeness (QED) is 0.520. The van der Waals surface area contributed by atoms with Gasteiger partial charge in [0, 0.05) is 56.0 Å². The van der Waals surface area contributed by atoms with Crippen LogP contribution < -0.4 is 4.74 Å². The van der Waals surface area contributed by atoms with Crippen LogP contribution in [0.25, 0.3) is 0 Å². The average molecular weight is 544 g/mol. The van der Waals surface area contributed by atoms with Crippen LogP contribution in [0.2, 0.25) is 5.02 Å². The van der Waals surface area contributed by atoms with Gasteiger partial charge in [0.2, 0.25) is 11.8 Å². The molecule has 0 radical (unpaired) electrons. The largest absolute Gasteiger partial charge is 0.415 e. The van der Waals surface area contributed by atoms with Gasteiger partial charge in [0.05, 0.1) is 5.54 Å². The third-order valence-electron chi connectivity index (χ3n) is 7.96. The van der Waals surface area contributed by atoms with Crippen molar-refractivity contribution in [2.24, 2.45) is 11.8 Å². The first-order valence-corrected chi connectivity index (χ1v) is 13.4. The molecule has 0 bridgehead atoms. The van der Waals surface area contributed by atoms with Crippen molar-refractivity contribution >= 4 is 29.5 Å². The molecule has 3 amide bonds. The summed E-state index contributed by atoms with van der Waals surface area (Å²) in [6.45, 7) is 7.65. The van der Waals surface area contributed by atoms with Crippen LogP contribution in [0.4, 0.5) is 9.18 Å². The molecule has 0 N–H and O–H groups in total. The van der Waals surface area contributed by atoms with Crippen LogP contribution in [-0.4, -0.2) is 71.4 Å². The van der Waals surface area contributed by atoms with E-state index in [0.29, 0.717) is 44.0 Å². The number of nitrogens with zero attached hydrogens (tertiary/aromatic N) is 3. The smallest absolute Gasteiger partial charge is 0.410 e. The SMILES string of the molecule is CC(C)C(=O)N1CCC(C(=O)N2CC(c3ccc(Cl)cc3)C(C)(N(C)C(=O)Oc3ccc(F)cc3)C2)CC1. The first kappa shape index (κ1) is 27.9. The lowest BCUT2D eigenvalue weighted by atomic mass is 9.82. The highest BCUT2D eigenvalue weighted by Crippen LogP contribution is 2.41. The zero-order valence-corrected chi connectivity index (χ0v) is 23.1. The number of likely N-dealkylation sites (tertiary alicyclic amines) is 2. The summed E-state index contributed by atoms with van der Waals surface area (Å²) in [5.74, 6) is -0.431. The molecule has 2 fully saturated rings. The van der Waals surface area contributed by atoms with Gasteiger partial charge < -0.3 is 19.4 Å². The third-order valence-corrected chi connectivity index (χ3v) is 8.21. The Morgan fingerprint density at radius 2 is 1.63 bits per heavy atom. The molecule has 38 heavy (non-hydrogen) atoms. The molecule has 4 rings (SSSR count). The maximum Gasteiger partial charge on any atom is 0.415 e. The first-order chi connectivity index (χ1) is 18.0. The van der Waals surface area contributed by atoms with E-state index in [1.165, 1.54) is 29.2 Å². The van der Waals surface area contributed by atoms with Gasteiger partial charge in [-0.15, -0.1) is 0 Å².